The van der Waals surface area contributed by atoms with E-state index in [0.29, 0.717) is 54.2 Å². The Morgan fingerprint density at radius 3 is 2.05 bits per heavy atom. The second-order valence-electron chi connectivity index (χ2n) is 10.3. The van der Waals surface area contributed by atoms with Crippen LogP contribution in [0.1, 0.15) is 49.3 Å². The maximum absolute atomic E-state index is 6.62. The summed E-state index contributed by atoms with van der Waals surface area (Å²) >= 11 is 6.62. The number of benzene rings is 2. The van der Waals surface area contributed by atoms with Gasteiger partial charge in [0.25, 0.3) is 0 Å². The zero-order valence-corrected chi connectivity index (χ0v) is 24.8. The molecule has 1 N–H and O–H groups in total. The molecule has 0 radical (unpaired) electrons. The van der Waals surface area contributed by atoms with Crippen molar-refractivity contribution in [3.05, 3.63) is 52.0 Å². The molecule has 5 rings (SSSR count). The van der Waals surface area contributed by atoms with E-state index in [1.54, 1.807) is 12.3 Å². The van der Waals surface area contributed by atoms with Gasteiger partial charge >= 0.3 is 0 Å². The van der Waals surface area contributed by atoms with E-state index >= 15 is 0 Å². The van der Waals surface area contributed by atoms with Crippen LogP contribution >= 0.6 is 11.6 Å². The summed E-state index contributed by atoms with van der Waals surface area (Å²) in [5.74, 6) is 3.65. The van der Waals surface area contributed by atoms with Crippen molar-refractivity contribution in [1.82, 2.24) is 15.0 Å². The summed E-state index contributed by atoms with van der Waals surface area (Å²) in [4.78, 5) is 18.4. The molecule has 2 saturated heterocycles. The number of nitrogens with one attached hydrogen (secondary N) is 1. The average Bonchev–Trinajstić information content (AvgIpc) is 3.67. The molecule has 2 aliphatic heterocycles. The summed E-state index contributed by atoms with van der Waals surface area (Å²) in [5.41, 5.74) is 6.06. The number of nitrogens with zero attached hydrogens (tertiary/aromatic N) is 6. The normalized spacial score (nSPS) is 15.1. The smallest absolute Gasteiger partial charge is 0.250 e. The molecule has 1 aromatic heterocycles. The van der Waals surface area contributed by atoms with Crippen LogP contribution in [0.3, 0.4) is 0 Å². The zero-order valence-electron chi connectivity index (χ0n) is 24.0. The van der Waals surface area contributed by atoms with Gasteiger partial charge in [0.1, 0.15) is 19.0 Å². The Morgan fingerprint density at radius 1 is 0.829 bits per heavy atom. The maximum Gasteiger partial charge on any atom is 0.250 e. The van der Waals surface area contributed by atoms with Gasteiger partial charge in [0.15, 0.2) is 11.5 Å². The van der Waals surface area contributed by atoms with Crippen molar-refractivity contribution in [2.45, 2.75) is 46.5 Å². The minimum absolute atomic E-state index is 0.319. The van der Waals surface area contributed by atoms with E-state index in [4.69, 9.17) is 30.8 Å². The molecule has 0 unspecified atom stereocenters. The molecule has 0 bridgehead atoms. The summed E-state index contributed by atoms with van der Waals surface area (Å²) < 4.78 is 17.7. The van der Waals surface area contributed by atoms with Gasteiger partial charge in [0, 0.05) is 26.2 Å². The fourth-order valence-electron chi connectivity index (χ4n) is 5.07. The van der Waals surface area contributed by atoms with Gasteiger partial charge in [-0.1, -0.05) is 17.7 Å². The Labute approximate surface area is 246 Å². The Balaban J connectivity index is 1.25. The minimum Gasteiger partial charge on any atom is -0.490 e. The predicted octanol–water partition coefficient (Wildman–Crippen LogP) is 5.64. The van der Waals surface area contributed by atoms with Crippen molar-refractivity contribution >= 4 is 35.7 Å². The molecule has 2 aromatic carbocycles. The van der Waals surface area contributed by atoms with Gasteiger partial charge in [0.2, 0.25) is 17.8 Å². The molecule has 11 heteroatoms. The van der Waals surface area contributed by atoms with Crippen LogP contribution in [0, 0.1) is 13.8 Å². The van der Waals surface area contributed by atoms with Crippen LogP contribution in [0.4, 0.5) is 17.8 Å². The SMILES string of the molecule is CCOc1cc(C=NNc2nc(N3CCCC3)nc(N3CCCC3)n2)cc(Cl)c1OCCOc1cc(C)cc(C)c1. The Bertz CT molecular complexity index is 1300. The fraction of sp³-hybridized carbons (Fsp3) is 0.467. The molecule has 0 saturated carbocycles. The number of rotatable bonds is 12. The summed E-state index contributed by atoms with van der Waals surface area (Å²) in [5, 5.41) is 4.83. The highest BCUT2D eigenvalue weighted by atomic mass is 35.5. The monoisotopic (exact) mass is 579 g/mol. The van der Waals surface area contributed by atoms with Crippen LogP contribution in [0.15, 0.2) is 35.4 Å². The first kappa shape index (κ1) is 28.7. The molecular formula is C30H38ClN7O3. The summed E-state index contributed by atoms with van der Waals surface area (Å²) in [6.45, 7) is 11.0. The average molecular weight is 580 g/mol. The number of aromatic nitrogens is 3. The highest BCUT2D eigenvalue weighted by Crippen LogP contribution is 2.36. The number of aryl methyl sites for hydroxylation is 2. The Kier molecular flexibility index (Phi) is 9.61. The highest BCUT2D eigenvalue weighted by Gasteiger charge is 2.21. The van der Waals surface area contributed by atoms with E-state index in [9.17, 15) is 0 Å². The van der Waals surface area contributed by atoms with E-state index < -0.39 is 0 Å². The Morgan fingerprint density at radius 2 is 1.44 bits per heavy atom. The molecule has 218 valence electrons. The largest absolute Gasteiger partial charge is 0.490 e. The molecule has 2 fully saturated rings. The van der Waals surface area contributed by atoms with Gasteiger partial charge in [-0.25, -0.2) is 5.43 Å². The van der Waals surface area contributed by atoms with Crippen LogP contribution < -0.4 is 29.4 Å². The maximum atomic E-state index is 6.62. The lowest BCUT2D eigenvalue weighted by Crippen LogP contribution is -2.25. The third-order valence-electron chi connectivity index (χ3n) is 6.89. The van der Waals surface area contributed by atoms with Crippen molar-refractivity contribution in [2.75, 3.05) is 61.2 Å². The molecule has 0 spiro atoms. The third-order valence-corrected chi connectivity index (χ3v) is 7.17. The molecule has 10 nitrogen and oxygen atoms in total. The van der Waals surface area contributed by atoms with Crippen LogP contribution in [-0.4, -0.2) is 67.2 Å². The first-order valence-corrected chi connectivity index (χ1v) is 14.7. The molecular weight excluding hydrogens is 542 g/mol. The number of ether oxygens (including phenoxy) is 3. The number of hydrogen-bond acceptors (Lipinski definition) is 10. The van der Waals surface area contributed by atoms with Crippen molar-refractivity contribution in [3.8, 4) is 17.2 Å². The second-order valence-corrected chi connectivity index (χ2v) is 10.7. The van der Waals surface area contributed by atoms with Gasteiger partial charge in [-0.15, -0.1) is 0 Å². The molecule has 0 atom stereocenters. The van der Waals surface area contributed by atoms with Crippen molar-refractivity contribution < 1.29 is 14.2 Å². The number of anilines is 3. The predicted molar refractivity (Wildman–Crippen MR) is 163 cm³/mol. The number of halogens is 1. The van der Waals surface area contributed by atoms with Crippen LogP contribution in [0.2, 0.25) is 5.02 Å². The van der Waals surface area contributed by atoms with Gasteiger partial charge in [-0.05, 0) is 87.4 Å². The molecule has 0 amide bonds. The molecule has 3 heterocycles. The fourth-order valence-corrected chi connectivity index (χ4v) is 5.34. The van der Waals surface area contributed by atoms with E-state index in [1.165, 1.54) is 0 Å². The molecule has 3 aromatic rings. The van der Waals surface area contributed by atoms with Gasteiger partial charge in [-0.2, -0.15) is 20.1 Å². The molecule has 2 aliphatic rings. The van der Waals surface area contributed by atoms with Gasteiger partial charge < -0.3 is 24.0 Å². The lowest BCUT2D eigenvalue weighted by molar-refractivity contribution is 0.208. The van der Waals surface area contributed by atoms with Gasteiger partial charge in [-0.3, -0.25) is 0 Å². The number of hydrogen-bond donors (Lipinski definition) is 1. The summed E-state index contributed by atoms with van der Waals surface area (Å²) in [6.07, 6.45) is 6.25. The summed E-state index contributed by atoms with van der Waals surface area (Å²) in [7, 11) is 0. The van der Waals surface area contributed by atoms with E-state index in [0.717, 1.165) is 74.3 Å². The first-order chi connectivity index (χ1) is 20.0. The lowest BCUT2D eigenvalue weighted by atomic mass is 10.1. The van der Waals surface area contributed by atoms with Crippen LogP contribution in [-0.2, 0) is 0 Å². The van der Waals surface area contributed by atoms with E-state index in [2.05, 4.69) is 36.4 Å². The quantitative estimate of drug-likeness (QED) is 0.166. The summed E-state index contributed by atoms with van der Waals surface area (Å²) in [6, 6.07) is 9.75. The standard InChI is InChI=1S/C30H38ClN7O3/c1-4-39-26-19-23(18-25(31)27(26)41-14-13-40-24-16-21(2)15-22(3)17-24)20-32-36-28-33-29(37-9-5-6-10-37)35-30(34-28)38-11-7-8-12-38/h15-20H,4-14H2,1-3H3,(H,33,34,35,36). The Hall–Kier alpha value is -3.79. The second kappa shape index (κ2) is 13.7. The third kappa shape index (κ3) is 7.70. The molecule has 41 heavy (non-hydrogen) atoms. The number of hydrazone groups is 1. The minimum atomic E-state index is 0.319. The topological polar surface area (TPSA) is 97.2 Å². The van der Waals surface area contributed by atoms with E-state index in [1.807, 2.05) is 39.0 Å². The van der Waals surface area contributed by atoms with Crippen molar-refractivity contribution in [2.24, 2.45) is 5.10 Å². The van der Waals surface area contributed by atoms with Crippen LogP contribution in [0.25, 0.3) is 0 Å². The van der Waals surface area contributed by atoms with Crippen molar-refractivity contribution in [3.63, 3.8) is 0 Å². The van der Waals surface area contributed by atoms with Crippen LogP contribution in [0.5, 0.6) is 17.2 Å². The lowest BCUT2D eigenvalue weighted by Gasteiger charge is -2.20. The highest BCUT2D eigenvalue weighted by molar-refractivity contribution is 6.32. The van der Waals surface area contributed by atoms with Gasteiger partial charge in [0.05, 0.1) is 17.8 Å². The van der Waals surface area contributed by atoms with E-state index in [-0.39, 0.29) is 0 Å². The molecule has 0 aliphatic carbocycles. The van der Waals surface area contributed by atoms with Crippen molar-refractivity contribution in [1.29, 1.82) is 0 Å². The zero-order chi connectivity index (χ0) is 28.6. The first-order valence-electron chi connectivity index (χ1n) is 14.3.